The molecule has 2 rings (SSSR count). The number of thiophene rings is 1. The van der Waals surface area contributed by atoms with E-state index in [1.54, 1.807) is 23.1 Å². The second-order valence-corrected chi connectivity index (χ2v) is 5.44. The number of hydrogen-bond donors (Lipinski definition) is 0. The monoisotopic (exact) mass is 231 g/mol. The molecule has 1 nitrogen and oxygen atoms in total. The number of hydrogen-bond acceptors (Lipinski definition) is 3. The molecule has 0 atom stereocenters. The van der Waals surface area contributed by atoms with Gasteiger partial charge in [0.15, 0.2) is 0 Å². The van der Waals surface area contributed by atoms with Crippen molar-refractivity contribution in [1.82, 2.24) is 0 Å². The number of rotatable bonds is 2. The molecule has 1 aromatic carbocycles. The van der Waals surface area contributed by atoms with Crippen LogP contribution in [0, 0.1) is 18.3 Å². The molecule has 0 radical (unpaired) electrons. The van der Waals surface area contributed by atoms with E-state index in [1.807, 2.05) is 30.5 Å². The van der Waals surface area contributed by atoms with Gasteiger partial charge in [0.2, 0.25) is 0 Å². The van der Waals surface area contributed by atoms with Gasteiger partial charge < -0.3 is 0 Å². The summed E-state index contributed by atoms with van der Waals surface area (Å²) in [7, 11) is 0. The normalized spacial score (nSPS) is 9.87. The zero-order valence-corrected chi connectivity index (χ0v) is 9.86. The van der Waals surface area contributed by atoms with Gasteiger partial charge in [-0.25, -0.2) is 0 Å². The maximum Gasteiger partial charge on any atom is 0.100 e. The van der Waals surface area contributed by atoms with Crippen molar-refractivity contribution >= 4 is 23.1 Å². The lowest BCUT2D eigenvalue weighted by Crippen LogP contribution is -1.81. The minimum Gasteiger partial charge on any atom is -0.192 e. The van der Waals surface area contributed by atoms with Gasteiger partial charge in [0.05, 0.1) is 9.77 Å². The van der Waals surface area contributed by atoms with E-state index in [0.29, 0.717) is 0 Å². The van der Waals surface area contributed by atoms with Gasteiger partial charge in [0, 0.05) is 4.90 Å². The van der Waals surface area contributed by atoms with E-state index in [4.69, 9.17) is 5.26 Å². The molecule has 1 aromatic heterocycles. The van der Waals surface area contributed by atoms with Gasteiger partial charge in [-0.15, -0.1) is 11.3 Å². The molecule has 1 heterocycles. The van der Waals surface area contributed by atoms with Crippen molar-refractivity contribution in [2.24, 2.45) is 0 Å². The number of benzene rings is 1. The third kappa shape index (κ3) is 2.41. The van der Waals surface area contributed by atoms with Gasteiger partial charge in [-0.1, -0.05) is 23.9 Å². The highest BCUT2D eigenvalue weighted by Gasteiger charge is 2.04. The van der Waals surface area contributed by atoms with Crippen molar-refractivity contribution in [2.75, 3.05) is 0 Å². The zero-order valence-electron chi connectivity index (χ0n) is 8.23. The topological polar surface area (TPSA) is 23.8 Å². The molecule has 15 heavy (non-hydrogen) atoms. The largest absolute Gasteiger partial charge is 0.192 e. The van der Waals surface area contributed by atoms with Crippen LogP contribution >= 0.6 is 23.1 Å². The minimum absolute atomic E-state index is 0.749. The summed E-state index contributed by atoms with van der Waals surface area (Å²) in [6.45, 7) is 2.04. The quantitative estimate of drug-likeness (QED) is 0.777. The fourth-order valence-corrected chi connectivity index (χ4v) is 3.14. The summed E-state index contributed by atoms with van der Waals surface area (Å²) in [6.07, 6.45) is 0. The average molecular weight is 231 g/mol. The van der Waals surface area contributed by atoms with Crippen LogP contribution in [0.1, 0.15) is 11.1 Å². The van der Waals surface area contributed by atoms with Crippen molar-refractivity contribution in [1.29, 1.82) is 5.26 Å². The highest BCUT2D eigenvalue weighted by molar-refractivity contribution is 8.01. The average Bonchev–Trinajstić information content (AvgIpc) is 2.71. The molecule has 0 amide bonds. The van der Waals surface area contributed by atoms with Crippen molar-refractivity contribution in [3.05, 3.63) is 46.8 Å². The van der Waals surface area contributed by atoms with Crippen LogP contribution in [0.15, 0.2) is 44.8 Å². The maximum absolute atomic E-state index is 8.98. The Labute approximate surface area is 97.4 Å². The smallest absolute Gasteiger partial charge is 0.100 e. The third-order valence-electron chi connectivity index (χ3n) is 1.96. The molecule has 0 aliphatic carbocycles. The predicted molar refractivity (Wildman–Crippen MR) is 64.3 cm³/mol. The predicted octanol–water partition coefficient (Wildman–Crippen LogP) is 4.08. The first-order valence-corrected chi connectivity index (χ1v) is 6.21. The highest BCUT2D eigenvalue weighted by atomic mass is 32.2. The van der Waals surface area contributed by atoms with Gasteiger partial charge in [-0.05, 0) is 36.1 Å². The first-order valence-electron chi connectivity index (χ1n) is 4.52. The molecular weight excluding hydrogens is 222 g/mol. The summed E-state index contributed by atoms with van der Waals surface area (Å²) in [5, 5.41) is 11.0. The van der Waals surface area contributed by atoms with Gasteiger partial charge in [0.25, 0.3) is 0 Å². The van der Waals surface area contributed by atoms with E-state index in [9.17, 15) is 0 Å². The van der Waals surface area contributed by atoms with Crippen LogP contribution in [0.2, 0.25) is 0 Å². The van der Waals surface area contributed by atoms with E-state index in [1.165, 1.54) is 9.77 Å². The van der Waals surface area contributed by atoms with Gasteiger partial charge in [-0.2, -0.15) is 5.26 Å². The number of nitriles is 1. The molecule has 0 aliphatic heterocycles. The lowest BCUT2D eigenvalue weighted by atomic mass is 10.2. The number of aryl methyl sites for hydroxylation is 1. The summed E-state index contributed by atoms with van der Waals surface area (Å²) in [4.78, 5) is 1.04. The second kappa shape index (κ2) is 4.52. The Hall–Kier alpha value is -1.24. The summed E-state index contributed by atoms with van der Waals surface area (Å²) in [5.41, 5.74) is 1.94. The van der Waals surface area contributed by atoms with Crippen LogP contribution in [-0.4, -0.2) is 0 Å². The molecule has 0 bridgehead atoms. The summed E-state index contributed by atoms with van der Waals surface area (Å²) in [6, 6.07) is 12.2. The van der Waals surface area contributed by atoms with E-state index < -0.39 is 0 Å². The Morgan fingerprint density at radius 2 is 2.20 bits per heavy atom. The molecule has 74 valence electrons. The minimum atomic E-state index is 0.749. The van der Waals surface area contributed by atoms with Crippen LogP contribution in [0.4, 0.5) is 0 Å². The number of nitrogens with zero attached hydrogens (tertiary/aromatic N) is 1. The molecular formula is C12H9NS2. The molecule has 0 unspecified atom stereocenters. The van der Waals surface area contributed by atoms with Crippen molar-refractivity contribution in [3.8, 4) is 6.07 Å². The fourth-order valence-electron chi connectivity index (χ4n) is 1.24. The Morgan fingerprint density at radius 3 is 2.87 bits per heavy atom. The molecule has 0 saturated carbocycles. The van der Waals surface area contributed by atoms with E-state index in [2.05, 4.69) is 18.2 Å². The van der Waals surface area contributed by atoms with Crippen LogP contribution in [0.3, 0.4) is 0 Å². The fraction of sp³-hybridized carbons (Fsp3) is 0.0833. The highest BCUT2D eigenvalue weighted by Crippen LogP contribution is 2.33. The molecule has 0 saturated heterocycles. The van der Waals surface area contributed by atoms with Gasteiger partial charge in [0.1, 0.15) is 6.07 Å². The summed E-state index contributed by atoms with van der Waals surface area (Å²) < 4.78 is 1.22. The van der Waals surface area contributed by atoms with Crippen molar-refractivity contribution < 1.29 is 0 Å². The second-order valence-electron chi connectivity index (χ2n) is 3.15. The Morgan fingerprint density at radius 1 is 1.33 bits per heavy atom. The molecule has 0 fully saturated rings. The maximum atomic E-state index is 8.98. The van der Waals surface area contributed by atoms with Crippen LogP contribution < -0.4 is 0 Å². The summed E-state index contributed by atoms with van der Waals surface area (Å²) in [5.74, 6) is 0. The third-order valence-corrected chi connectivity index (χ3v) is 4.06. The Bertz CT molecular complexity index is 495. The van der Waals surface area contributed by atoms with E-state index in [-0.39, 0.29) is 0 Å². The first-order chi connectivity index (χ1) is 7.29. The lowest BCUT2D eigenvalue weighted by molar-refractivity contribution is 1.31. The Balaban J connectivity index is 2.35. The molecule has 0 spiro atoms. The van der Waals surface area contributed by atoms with Gasteiger partial charge >= 0.3 is 0 Å². The van der Waals surface area contributed by atoms with E-state index >= 15 is 0 Å². The zero-order chi connectivity index (χ0) is 10.7. The van der Waals surface area contributed by atoms with Crippen LogP contribution in [0.25, 0.3) is 0 Å². The molecule has 3 heteroatoms. The molecule has 0 aliphatic rings. The van der Waals surface area contributed by atoms with Crippen molar-refractivity contribution in [3.63, 3.8) is 0 Å². The van der Waals surface area contributed by atoms with Crippen molar-refractivity contribution in [2.45, 2.75) is 16.0 Å². The standard InChI is InChI=1S/C12H9NS2/c1-9-4-5-10(8-13)11(7-9)15-12-3-2-6-14-12/h2-7H,1H3. The van der Waals surface area contributed by atoms with Crippen LogP contribution in [0.5, 0.6) is 0 Å². The van der Waals surface area contributed by atoms with E-state index in [0.717, 1.165) is 10.5 Å². The SMILES string of the molecule is Cc1ccc(C#N)c(Sc2cccs2)c1. The Kier molecular flexibility index (Phi) is 3.10. The lowest BCUT2D eigenvalue weighted by Gasteiger charge is -2.02. The summed E-state index contributed by atoms with van der Waals surface area (Å²) >= 11 is 3.35. The van der Waals surface area contributed by atoms with Gasteiger partial charge in [-0.3, -0.25) is 0 Å². The first kappa shape index (κ1) is 10.3. The molecule has 2 aromatic rings. The van der Waals surface area contributed by atoms with Crippen LogP contribution in [-0.2, 0) is 0 Å². The molecule has 0 N–H and O–H groups in total.